The summed E-state index contributed by atoms with van der Waals surface area (Å²) in [7, 11) is 1.34. The van der Waals surface area contributed by atoms with Gasteiger partial charge in [-0.2, -0.15) is 0 Å². The zero-order valence-electron chi connectivity index (χ0n) is 12.8. The van der Waals surface area contributed by atoms with Gasteiger partial charge in [-0.3, -0.25) is 4.40 Å². The van der Waals surface area contributed by atoms with Crippen LogP contribution < -0.4 is 5.32 Å². The third-order valence-electron chi connectivity index (χ3n) is 3.95. The number of carbonyl (C=O) groups excluding carboxylic acids is 1. The molecule has 7 nitrogen and oxygen atoms in total. The summed E-state index contributed by atoms with van der Waals surface area (Å²) in [5.74, 6) is 0.108. The Balaban J connectivity index is 1.93. The molecule has 2 atom stereocenters. The smallest absolute Gasteiger partial charge is 0.356 e. The number of fused-ring (bicyclic) bond motifs is 1. The first-order valence-electron chi connectivity index (χ1n) is 7.53. The standard InChI is InChI=1S/C15H20N4O3/c1-3-10(12-5-4-8-22-12)17-15-18-11(14(20)21-2)9-13-16-6-7-19(13)15/h6-7,9-10,12H,3-5,8H2,1-2H3,(H,17,18). The number of imidazole rings is 1. The summed E-state index contributed by atoms with van der Waals surface area (Å²) in [6.45, 7) is 2.91. The van der Waals surface area contributed by atoms with Crippen LogP contribution in [0.25, 0.3) is 5.65 Å². The molecule has 0 spiro atoms. The fraction of sp³-hybridized carbons (Fsp3) is 0.533. The van der Waals surface area contributed by atoms with E-state index in [1.807, 2.05) is 10.6 Å². The minimum Gasteiger partial charge on any atom is -0.464 e. The maximum atomic E-state index is 11.8. The molecule has 1 fully saturated rings. The number of carbonyl (C=O) groups is 1. The van der Waals surface area contributed by atoms with Crippen LogP contribution in [-0.4, -0.2) is 46.2 Å². The Morgan fingerprint density at radius 2 is 2.50 bits per heavy atom. The monoisotopic (exact) mass is 304 g/mol. The molecule has 2 aromatic rings. The van der Waals surface area contributed by atoms with Gasteiger partial charge in [0.25, 0.3) is 0 Å². The average Bonchev–Trinajstić information content (AvgIpc) is 3.22. The zero-order valence-corrected chi connectivity index (χ0v) is 12.8. The maximum Gasteiger partial charge on any atom is 0.356 e. The summed E-state index contributed by atoms with van der Waals surface area (Å²) < 4.78 is 12.3. The Morgan fingerprint density at radius 1 is 1.64 bits per heavy atom. The molecule has 0 aromatic carbocycles. The van der Waals surface area contributed by atoms with Crippen molar-refractivity contribution >= 4 is 17.6 Å². The molecule has 0 bridgehead atoms. The van der Waals surface area contributed by atoms with Crippen molar-refractivity contribution < 1.29 is 14.3 Å². The SMILES string of the molecule is CCC(Nc1nc(C(=O)OC)cc2nccn12)C1CCCO1. The lowest BCUT2D eigenvalue weighted by atomic mass is 10.1. The van der Waals surface area contributed by atoms with Crippen LogP contribution in [0.4, 0.5) is 5.95 Å². The van der Waals surface area contributed by atoms with Gasteiger partial charge in [0.15, 0.2) is 5.69 Å². The normalized spacial score (nSPS) is 19.3. The molecule has 0 saturated carbocycles. The molecule has 7 heteroatoms. The summed E-state index contributed by atoms with van der Waals surface area (Å²) in [5, 5.41) is 3.40. The van der Waals surface area contributed by atoms with Gasteiger partial charge in [-0.15, -0.1) is 0 Å². The van der Waals surface area contributed by atoms with E-state index in [2.05, 4.69) is 22.2 Å². The van der Waals surface area contributed by atoms with E-state index in [0.29, 0.717) is 11.6 Å². The van der Waals surface area contributed by atoms with Gasteiger partial charge in [0.05, 0.1) is 19.3 Å². The summed E-state index contributed by atoms with van der Waals surface area (Å²) in [5.41, 5.74) is 0.894. The first kappa shape index (κ1) is 14.8. The van der Waals surface area contributed by atoms with Crippen molar-refractivity contribution in [2.24, 2.45) is 0 Å². The predicted octanol–water partition coefficient (Wildman–Crippen LogP) is 1.89. The Morgan fingerprint density at radius 3 is 3.18 bits per heavy atom. The predicted molar refractivity (Wildman–Crippen MR) is 81.0 cm³/mol. The second-order valence-corrected chi connectivity index (χ2v) is 5.32. The van der Waals surface area contributed by atoms with Crippen molar-refractivity contribution in [2.45, 2.75) is 38.3 Å². The molecule has 1 aliphatic rings. The second kappa shape index (κ2) is 6.31. The first-order valence-corrected chi connectivity index (χ1v) is 7.53. The molecular weight excluding hydrogens is 284 g/mol. The van der Waals surface area contributed by atoms with Gasteiger partial charge >= 0.3 is 5.97 Å². The van der Waals surface area contributed by atoms with Crippen molar-refractivity contribution in [2.75, 3.05) is 19.0 Å². The van der Waals surface area contributed by atoms with Crippen LogP contribution in [0.2, 0.25) is 0 Å². The molecule has 2 unspecified atom stereocenters. The fourth-order valence-electron chi connectivity index (χ4n) is 2.78. The topological polar surface area (TPSA) is 77.8 Å². The van der Waals surface area contributed by atoms with Gasteiger partial charge in [0, 0.05) is 25.1 Å². The van der Waals surface area contributed by atoms with Crippen LogP contribution in [0.1, 0.15) is 36.7 Å². The van der Waals surface area contributed by atoms with Crippen LogP contribution in [-0.2, 0) is 9.47 Å². The largest absolute Gasteiger partial charge is 0.464 e. The number of rotatable bonds is 5. The minimum atomic E-state index is -0.473. The first-order chi connectivity index (χ1) is 10.7. The van der Waals surface area contributed by atoms with Crippen LogP contribution in [0, 0.1) is 0 Å². The Labute approximate surface area is 128 Å². The second-order valence-electron chi connectivity index (χ2n) is 5.32. The molecule has 2 aromatic heterocycles. The molecule has 0 amide bonds. The number of anilines is 1. The lowest BCUT2D eigenvalue weighted by Gasteiger charge is -2.23. The van der Waals surface area contributed by atoms with Gasteiger partial charge < -0.3 is 14.8 Å². The van der Waals surface area contributed by atoms with Crippen molar-refractivity contribution in [3.8, 4) is 0 Å². The van der Waals surface area contributed by atoms with Gasteiger partial charge in [-0.05, 0) is 19.3 Å². The number of hydrogen-bond acceptors (Lipinski definition) is 6. The van der Waals surface area contributed by atoms with Crippen molar-refractivity contribution in [3.63, 3.8) is 0 Å². The van der Waals surface area contributed by atoms with Crippen molar-refractivity contribution in [3.05, 3.63) is 24.2 Å². The lowest BCUT2D eigenvalue weighted by molar-refractivity contribution is 0.0594. The summed E-state index contributed by atoms with van der Waals surface area (Å²) in [6.07, 6.45) is 6.69. The van der Waals surface area contributed by atoms with Crippen molar-refractivity contribution in [1.82, 2.24) is 14.4 Å². The Hall–Kier alpha value is -2.15. The van der Waals surface area contributed by atoms with Gasteiger partial charge in [-0.25, -0.2) is 14.8 Å². The number of esters is 1. The molecule has 1 aliphatic heterocycles. The average molecular weight is 304 g/mol. The van der Waals surface area contributed by atoms with Crippen molar-refractivity contribution in [1.29, 1.82) is 0 Å². The van der Waals surface area contributed by atoms with Crippen LogP contribution in [0.15, 0.2) is 18.5 Å². The molecule has 3 rings (SSSR count). The third kappa shape index (κ3) is 2.76. The minimum absolute atomic E-state index is 0.147. The molecule has 22 heavy (non-hydrogen) atoms. The van der Waals surface area contributed by atoms with Crippen LogP contribution in [0.3, 0.4) is 0 Å². The number of ether oxygens (including phenoxy) is 2. The zero-order chi connectivity index (χ0) is 15.5. The van der Waals surface area contributed by atoms with Crippen LogP contribution in [0.5, 0.6) is 0 Å². The highest BCUT2D eigenvalue weighted by molar-refractivity contribution is 5.88. The Bertz CT molecular complexity index is 664. The summed E-state index contributed by atoms with van der Waals surface area (Å²) >= 11 is 0. The molecular formula is C15H20N4O3. The van der Waals surface area contributed by atoms with E-state index >= 15 is 0 Å². The molecule has 0 aliphatic carbocycles. The molecule has 3 heterocycles. The fourth-order valence-corrected chi connectivity index (χ4v) is 2.78. The molecule has 1 saturated heterocycles. The van der Waals surface area contributed by atoms with Crippen LogP contribution >= 0.6 is 0 Å². The summed E-state index contributed by atoms with van der Waals surface area (Å²) in [6, 6.07) is 1.76. The molecule has 0 radical (unpaired) electrons. The van der Waals surface area contributed by atoms with Gasteiger partial charge in [0.2, 0.25) is 5.95 Å². The summed E-state index contributed by atoms with van der Waals surface area (Å²) in [4.78, 5) is 20.4. The van der Waals surface area contributed by atoms with E-state index < -0.39 is 5.97 Å². The third-order valence-corrected chi connectivity index (χ3v) is 3.95. The maximum absolute atomic E-state index is 11.8. The lowest BCUT2D eigenvalue weighted by Crippen LogP contribution is -2.33. The molecule has 118 valence electrons. The van der Waals surface area contributed by atoms with E-state index in [4.69, 9.17) is 9.47 Å². The van der Waals surface area contributed by atoms with E-state index in [1.54, 1.807) is 12.3 Å². The number of hydrogen-bond donors (Lipinski definition) is 1. The highest BCUT2D eigenvalue weighted by atomic mass is 16.5. The van der Waals surface area contributed by atoms with E-state index in [9.17, 15) is 4.79 Å². The highest BCUT2D eigenvalue weighted by Crippen LogP contribution is 2.21. The Kier molecular flexibility index (Phi) is 4.24. The number of methoxy groups -OCH3 is 1. The highest BCUT2D eigenvalue weighted by Gasteiger charge is 2.26. The quantitative estimate of drug-likeness (QED) is 0.850. The van der Waals surface area contributed by atoms with Gasteiger partial charge in [-0.1, -0.05) is 6.92 Å². The number of nitrogens with one attached hydrogen (secondary N) is 1. The van der Waals surface area contributed by atoms with E-state index in [-0.39, 0.29) is 17.8 Å². The van der Waals surface area contributed by atoms with E-state index in [0.717, 1.165) is 25.9 Å². The number of nitrogens with zero attached hydrogens (tertiary/aromatic N) is 3. The molecule has 1 N–H and O–H groups in total. The number of aromatic nitrogens is 3. The van der Waals surface area contributed by atoms with Gasteiger partial charge in [0.1, 0.15) is 5.65 Å². The van der Waals surface area contributed by atoms with E-state index in [1.165, 1.54) is 7.11 Å².